The van der Waals surface area contributed by atoms with Gasteiger partial charge in [-0.3, -0.25) is 4.99 Å². The number of hydrogen-bond acceptors (Lipinski definition) is 2. The average molecular weight is 348 g/mol. The van der Waals surface area contributed by atoms with Crippen LogP contribution in [0.3, 0.4) is 0 Å². The van der Waals surface area contributed by atoms with E-state index in [0.717, 1.165) is 16.8 Å². The maximum atomic E-state index is 4.77. The molecule has 3 aromatic rings. The van der Waals surface area contributed by atoms with Crippen molar-refractivity contribution in [2.45, 2.75) is 52.9 Å². The number of aliphatic imine (C=N–C) groups is 1. The lowest BCUT2D eigenvalue weighted by molar-refractivity contribution is 0.589. The number of fused-ring (bicyclic) bond motifs is 1. The van der Waals surface area contributed by atoms with Gasteiger partial charge in [0.2, 0.25) is 0 Å². The maximum Gasteiger partial charge on any atom is 0.0746 e. The highest BCUT2D eigenvalue weighted by atomic mass is 15.3. The molecule has 136 valence electrons. The Kier molecular flexibility index (Phi) is 4.74. The molecule has 0 fully saturated rings. The van der Waals surface area contributed by atoms with E-state index in [2.05, 4.69) is 81.5 Å². The van der Waals surface area contributed by atoms with Gasteiger partial charge in [-0.2, -0.15) is 5.10 Å². The zero-order valence-corrected chi connectivity index (χ0v) is 17.0. The van der Waals surface area contributed by atoms with Crippen molar-refractivity contribution < 1.29 is 0 Å². The van der Waals surface area contributed by atoms with E-state index in [1.807, 2.05) is 19.5 Å². The quantitative estimate of drug-likeness (QED) is 0.550. The molecule has 0 spiro atoms. The lowest BCUT2D eigenvalue weighted by Gasteiger charge is -2.22. The molecule has 3 nitrogen and oxygen atoms in total. The topological polar surface area (TPSA) is 30.2 Å². The Labute approximate surface area is 156 Å². The van der Waals surface area contributed by atoms with Crippen molar-refractivity contribution in [3.8, 4) is 5.69 Å². The fourth-order valence-corrected chi connectivity index (χ4v) is 3.45. The van der Waals surface area contributed by atoms with Crippen molar-refractivity contribution >= 4 is 17.1 Å². The molecule has 1 aromatic heterocycles. The summed E-state index contributed by atoms with van der Waals surface area (Å²) in [5.74, 6) is 0.468. The summed E-state index contributed by atoms with van der Waals surface area (Å²) in [6.45, 7) is 13.4. The number of aryl methyl sites for hydroxylation is 1. The predicted octanol–water partition coefficient (Wildman–Crippen LogP) is 5.80. The molecule has 0 atom stereocenters. The molecule has 1 heterocycles. The zero-order chi connectivity index (χ0) is 19.1. The summed E-state index contributed by atoms with van der Waals surface area (Å²) in [6, 6.07) is 11.0. The van der Waals surface area contributed by atoms with Gasteiger partial charge >= 0.3 is 0 Å². The summed E-state index contributed by atoms with van der Waals surface area (Å²) in [5, 5.41) is 5.99. The van der Waals surface area contributed by atoms with Gasteiger partial charge in [0.15, 0.2) is 0 Å². The minimum Gasteiger partial charge on any atom is -0.296 e. The van der Waals surface area contributed by atoms with Crippen LogP contribution in [-0.2, 0) is 5.41 Å². The monoisotopic (exact) mass is 347 g/mol. The van der Waals surface area contributed by atoms with Gasteiger partial charge < -0.3 is 0 Å². The summed E-state index contributed by atoms with van der Waals surface area (Å²) in [5.41, 5.74) is 7.31. The standard InChI is InChI=1S/C23H29N3/c1-15(2)18-9-8-10-21-20(18)14-25-26(21)22-12-17(23(4,5)6)11-16(3)19(22)13-24-7/h8-15H,1-7H3. The van der Waals surface area contributed by atoms with Crippen molar-refractivity contribution in [3.63, 3.8) is 0 Å². The second kappa shape index (κ2) is 6.71. The highest BCUT2D eigenvalue weighted by Crippen LogP contribution is 2.31. The molecule has 0 radical (unpaired) electrons. The van der Waals surface area contributed by atoms with E-state index in [9.17, 15) is 0 Å². The minimum atomic E-state index is 0.0768. The molecule has 0 saturated carbocycles. The Morgan fingerprint density at radius 1 is 1.15 bits per heavy atom. The lowest BCUT2D eigenvalue weighted by Crippen LogP contribution is -2.14. The fourth-order valence-electron chi connectivity index (χ4n) is 3.45. The summed E-state index contributed by atoms with van der Waals surface area (Å²) in [4.78, 5) is 4.29. The molecule has 26 heavy (non-hydrogen) atoms. The Hall–Kier alpha value is -2.42. The van der Waals surface area contributed by atoms with Crippen molar-refractivity contribution in [3.05, 3.63) is 58.8 Å². The van der Waals surface area contributed by atoms with E-state index in [-0.39, 0.29) is 5.41 Å². The molecule has 0 aliphatic carbocycles. The van der Waals surface area contributed by atoms with Crippen LogP contribution >= 0.6 is 0 Å². The second-order valence-electron chi connectivity index (χ2n) is 8.35. The third-order valence-electron chi connectivity index (χ3n) is 4.99. The smallest absolute Gasteiger partial charge is 0.0746 e. The van der Waals surface area contributed by atoms with Crippen molar-refractivity contribution in [2.75, 3.05) is 7.05 Å². The molecule has 0 saturated heterocycles. The van der Waals surface area contributed by atoms with E-state index in [1.165, 1.54) is 22.1 Å². The van der Waals surface area contributed by atoms with E-state index >= 15 is 0 Å². The van der Waals surface area contributed by atoms with Crippen LogP contribution in [0.15, 0.2) is 41.5 Å². The second-order valence-corrected chi connectivity index (χ2v) is 8.35. The fraction of sp³-hybridized carbons (Fsp3) is 0.391. The first-order valence-electron chi connectivity index (χ1n) is 9.28. The highest BCUT2D eigenvalue weighted by molar-refractivity contribution is 5.90. The van der Waals surface area contributed by atoms with Gasteiger partial charge in [0, 0.05) is 24.2 Å². The average Bonchev–Trinajstić information content (AvgIpc) is 2.99. The number of hydrogen-bond donors (Lipinski definition) is 0. The molecule has 3 rings (SSSR count). The van der Waals surface area contributed by atoms with Crippen LogP contribution < -0.4 is 0 Å². The SMILES string of the molecule is CN=Cc1c(C)cc(C(C)(C)C)cc1-n1ncc2c(C(C)C)cccc21. The molecule has 0 bridgehead atoms. The number of nitrogens with zero attached hydrogens (tertiary/aromatic N) is 3. The maximum absolute atomic E-state index is 4.77. The van der Waals surface area contributed by atoms with Crippen LogP contribution in [0.4, 0.5) is 0 Å². The van der Waals surface area contributed by atoms with Crippen LogP contribution in [0.1, 0.15) is 62.8 Å². The number of rotatable bonds is 3. The first kappa shape index (κ1) is 18.4. The molecule has 0 aliphatic heterocycles. The molecule has 3 heteroatoms. The zero-order valence-electron chi connectivity index (χ0n) is 17.0. The summed E-state index contributed by atoms with van der Waals surface area (Å²) in [6.07, 6.45) is 3.94. The van der Waals surface area contributed by atoms with Crippen LogP contribution in [0.2, 0.25) is 0 Å². The number of benzene rings is 2. The van der Waals surface area contributed by atoms with Gasteiger partial charge in [0.25, 0.3) is 0 Å². The molecule has 2 aromatic carbocycles. The molecular formula is C23H29N3. The third-order valence-corrected chi connectivity index (χ3v) is 4.99. The highest BCUT2D eigenvalue weighted by Gasteiger charge is 2.19. The minimum absolute atomic E-state index is 0.0768. The van der Waals surface area contributed by atoms with Crippen LogP contribution in [0.5, 0.6) is 0 Å². The Morgan fingerprint density at radius 3 is 2.50 bits per heavy atom. The lowest BCUT2D eigenvalue weighted by atomic mass is 9.84. The van der Waals surface area contributed by atoms with Gasteiger partial charge in [-0.15, -0.1) is 0 Å². The molecular weight excluding hydrogens is 318 g/mol. The normalized spacial score (nSPS) is 12.6. The van der Waals surface area contributed by atoms with E-state index < -0.39 is 0 Å². The summed E-state index contributed by atoms with van der Waals surface area (Å²) >= 11 is 0. The van der Waals surface area contributed by atoms with E-state index in [1.54, 1.807) is 0 Å². The van der Waals surface area contributed by atoms with Crippen molar-refractivity contribution in [2.24, 2.45) is 4.99 Å². The largest absolute Gasteiger partial charge is 0.296 e. The number of aromatic nitrogens is 2. The first-order chi connectivity index (χ1) is 12.2. The Balaban J connectivity index is 2.34. The van der Waals surface area contributed by atoms with Crippen molar-refractivity contribution in [1.82, 2.24) is 9.78 Å². The summed E-state index contributed by atoms with van der Waals surface area (Å²) < 4.78 is 2.07. The van der Waals surface area contributed by atoms with Gasteiger partial charge in [-0.1, -0.05) is 52.8 Å². The molecule has 0 unspecified atom stereocenters. The third kappa shape index (κ3) is 3.18. The van der Waals surface area contributed by atoms with Gasteiger partial charge in [-0.25, -0.2) is 4.68 Å². The van der Waals surface area contributed by atoms with E-state index in [0.29, 0.717) is 5.92 Å². The Morgan fingerprint density at radius 2 is 1.88 bits per heavy atom. The molecule has 0 N–H and O–H groups in total. The first-order valence-corrected chi connectivity index (χ1v) is 9.28. The summed E-state index contributed by atoms with van der Waals surface area (Å²) in [7, 11) is 1.82. The van der Waals surface area contributed by atoms with Gasteiger partial charge in [0.05, 0.1) is 17.4 Å². The van der Waals surface area contributed by atoms with Crippen LogP contribution in [0.25, 0.3) is 16.6 Å². The van der Waals surface area contributed by atoms with Crippen molar-refractivity contribution in [1.29, 1.82) is 0 Å². The van der Waals surface area contributed by atoms with Gasteiger partial charge in [-0.05, 0) is 47.1 Å². The molecule has 0 amide bonds. The molecule has 0 aliphatic rings. The van der Waals surface area contributed by atoms with E-state index in [4.69, 9.17) is 5.10 Å². The van der Waals surface area contributed by atoms with Gasteiger partial charge in [0.1, 0.15) is 0 Å². The van der Waals surface area contributed by atoms with Crippen LogP contribution in [-0.4, -0.2) is 23.0 Å². The van der Waals surface area contributed by atoms with Crippen LogP contribution in [0, 0.1) is 6.92 Å². The Bertz CT molecular complexity index is 969. The predicted molar refractivity (Wildman–Crippen MR) is 112 cm³/mol.